The van der Waals surface area contributed by atoms with Crippen LogP contribution in [0, 0.1) is 5.92 Å². The van der Waals surface area contributed by atoms with Gasteiger partial charge in [-0.1, -0.05) is 23.7 Å². The highest BCUT2D eigenvalue weighted by Gasteiger charge is 2.27. The summed E-state index contributed by atoms with van der Waals surface area (Å²) in [4.78, 5) is 23.2. The molecule has 1 saturated carbocycles. The number of nitrogens with one attached hydrogen (secondary N) is 2. The van der Waals surface area contributed by atoms with Gasteiger partial charge >= 0.3 is 0 Å². The molecule has 1 aromatic rings. The highest BCUT2D eigenvalue weighted by molar-refractivity contribution is 6.30. The van der Waals surface area contributed by atoms with E-state index in [0.717, 1.165) is 30.7 Å². The molecular weight excluding hydrogens is 318 g/mol. The lowest BCUT2D eigenvalue weighted by Crippen LogP contribution is -2.48. The maximum absolute atomic E-state index is 12.1. The summed E-state index contributed by atoms with van der Waals surface area (Å²) >= 11 is 5.90. The third kappa shape index (κ3) is 4.92. The Labute approximate surface area is 140 Å². The number of benzene rings is 1. The molecule has 0 aromatic heterocycles. The highest BCUT2D eigenvalue weighted by Crippen LogP contribution is 2.36. The third-order valence-electron chi connectivity index (χ3n) is 4.38. The lowest BCUT2D eigenvalue weighted by molar-refractivity contribution is -0.131. The summed E-state index contributed by atoms with van der Waals surface area (Å²) in [7, 11) is 0. The molecule has 1 aliphatic rings. The molecule has 0 bridgehead atoms. The lowest BCUT2D eigenvalue weighted by Gasteiger charge is -2.28. The molecule has 0 aliphatic heterocycles. The summed E-state index contributed by atoms with van der Waals surface area (Å²) < 4.78 is 0. The van der Waals surface area contributed by atoms with Gasteiger partial charge in [0.05, 0.1) is 0 Å². The van der Waals surface area contributed by atoms with Crippen molar-refractivity contribution in [2.75, 3.05) is 6.54 Å². The Hall–Kier alpha value is -1.63. The van der Waals surface area contributed by atoms with Crippen molar-refractivity contribution in [3.63, 3.8) is 0 Å². The summed E-state index contributed by atoms with van der Waals surface area (Å²) in [6.45, 7) is 0.0162. The van der Waals surface area contributed by atoms with Crippen molar-refractivity contribution < 1.29 is 14.8 Å². The monoisotopic (exact) mass is 339 g/mol. The molecule has 1 fully saturated rings. The molecule has 0 spiro atoms. The number of nitrogens with two attached hydrogens (primary N) is 1. The van der Waals surface area contributed by atoms with Crippen LogP contribution in [-0.4, -0.2) is 29.6 Å². The quantitative estimate of drug-likeness (QED) is 0.482. The average Bonchev–Trinajstić information content (AvgIpc) is 2.59. The Balaban J connectivity index is 1.78. The molecule has 0 unspecified atom stereocenters. The number of amides is 2. The summed E-state index contributed by atoms with van der Waals surface area (Å²) in [5.41, 5.74) is 8.25. The zero-order valence-corrected chi connectivity index (χ0v) is 13.6. The molecule has 126 valence electrons. The number of hydrogen-bond donors (Lipinski definition) is 4. The van der Waals surface area contributed by atoms with Gasteiger partial charge in [0, 0.05) is 17.5 Å². The second kappa shape index (κ2) is 8.29. The number of carbonyl (C=O) groups is 2. The maximum Gasteiger partial charge on any atom is 0.262 e. The van der Waals surface area contributed by atoms with Crippen molar-refractivity contribution in [1.82, 2.24) is 10.8 Å². The van der Waals surface area contributed by atoms with E-state index in [2.05, 4.69) is 5.32 Å². The van der Waals surface area contributed by atoms with Crippen LogP contribution in [0.2, 0.25) is 5.02 Å². The largest absolute Gasteiger partial charge is 0.354 e. The topological polar surface area (TPSA) is 104 Å². The van der Waals surface area contributed by atoms with Crippen LogP contribution in [0.25, 0.3) is 0 Å². The molecule has 0 radical (unpaired) electrons. The van der Waals surface area contributed by atoms with Gasteiger partial charge < -0.3 is 11.1 Å². The van der Waals surface area contributed by atoms with Gasteiger partial charge in [0.1, 0.15) is 6.04 Å². The van der Waals surface area contributed by atoms with E-state index in [4.69, 9.17) is 22.5 Å². The summed E-state index contributed by atoms with van der Waals surface area (Å²) in [5.74, 6) is -0.390. The molecule has 5 N–H and O–H groups in total. The number of rotatable bonds is 5. The summed E-state index contributed by atoms with van der Waals surface area (Å²) in [6, 6.07) is 6.92. The second-order valence-electron chi connectivity index (χ2n) is 5.93. The Bertz CT molecular complexity index is 542. The number of hydrogen-bond acceptors (Lipinski definition) is 4. The Kier molecular flexibility index (Phi) is 6.38. The van der Waals surface area contributed by atoms with Crippen LogP contribution in [0.15, 0.2) is 24.3 Å². The molecule has 0 heterocycles. The van der Waals surface area contributed by atoms with E-state index in [0.29, 0.717) is 5.92 Å². The molecule has 1 aromatic carbocycles. The van der Waals surface area contributed by atoms with Gasteiger partial charge in [-0.05, 0) is 49.3 Å². The van der Waals surface area contributed by atoms with Crippen LogP contribution in [0.5, 0.6) is 0 Å². The molecule has 0 saturated heterocycles. The fourth-order valence-electron chi connectivity index (χ4n) is 2.95. The molecule has 1 atom stereocenters. The average molecular weight is 340 g/mol. The van der Waals surface area contributed by atoms with Crippen LogP contribution >= 0.6 is 11.6 Å². The summed E-state index contributed by atoms with van der Waals surface area (Å²) in [5, 5.41) is 11.9. The van der Waals surface area contributed by atoms with Gasteiger partial charge in [-0.25, -0.2) is 5.48 Å². The minimum absolute atomic E-state index is 0.0162. The lowest BCUT2D eigenvalue weighted by atomic mass is 9.78. The van der Waals surface area contributed by atoms with Crippen molar-refractivity contribution in [2.45, 2.75) is 37.6 Å². The van der Waals surface area contributed by atoms with Gasteiger partial charge in [-0.2, -0.15) is 0 Å². The fourth-order valence-corrected chi connectivity index (χ4v) is 3.08. The second-order valence-corrected chi connectivity index (χ2v) is 6.36. The van der Waals surface area contributed by atoms with E-state index in [1.54, 1.807) is 0 Å². The Morgan fingerprint density at radius 1 is 1.22 bits per heavy atom. The molecule has 2 amide bonds. The maximum atomic E-state index is 12.1. The van der Waals surface area contributed by atoms with Crippen LogP contribution in [-0.2, 0) is 9.59 Å². The number of halogens is 1. The zero-order valence-electron chi connectivity index (χ0n) is 12.8. The molecule has 2 rings (SSSR count). The van der Waals surface area contributed by atoms with Crippen LogP contribution < -0.4 is 16.5 Å². The van der Waals surface area contributed by atoms with Crippen LogP contribution in [0.4, 0.5) is 0 Å². The van der Waals surface area contributed by atoms with E-state index in [9.17, 15) is 9.59 Å². The minimum Gasteiger partial charge on any atom is -0.354 e. The minimum atomic E-state index is -0.950. The smallest absolute Gasteiger partial charge is 0.262 e. The SMILES string of the molecule is N[C@H](CNC(=O)C1CCC(c2ccc(Cl)cc2)CC1)C(=O)NO. The Morgan fingerprint density at radius 2 is 1.83 bits per heavy atom. The first kappa shape index (κ1) is 17.7. The number of hydroxylamine groups is 1. The molecule has 23 heavy (non-hydrogen) atoms. The predicted octanol–water partition coefficient (Wildman–Crippen LogP) is 1.56. The van der Waals surface area contributed by atoms with Crippen LogP contribution in [0.1, 0.15) is 37.2 Å². The molecule has 7 heteroatoms. The first-order valence-electron chi connectivity index (χ1n) is 7.74. The zero-order chi connectivity index (χ0) is 16.8. The van der Waals surface area contributed by atoms with Gasteiger partial charge in [0.15, 0.2) is 0 Å². The van der Waals surface area contributed by atoms with Crippen LogP contribution in [0.3, 0.4) is 0 Å². The van der Waals surface area contributed by atoms with Crippen molar-refractivity contribution in [2.24, 2.45) is 11.7 Å². The normalized spacial score (nSPS) is 22.2. The van der Waals surface area contributed by atoms with E-state index in [1.165, 1.54) is 11.0 Å². The Morgan fingerprint density at radius 3 is 2.39 bits per heavy atom. The standard InChI is InChI=1S/C16H22ClN3O3/c17-13-7-5-11(6-8-13)10-1-3-12(4-2-10)15(21)19-9-14(18)16(22)20-23/h5-8,10,12,14,23H,1-4,9,18H2,(H,19,21)(H,20,22)/t10?,12?,14-/m1/s1. The first-order chi connectivity index (χ1) is 11.0. The molecule has 1 aliphatic carbocycles. The van der Waals surface area contributed by atoms with Gasteiger partial charge in [-0.3, -0.25) is 14.8 Å². The fraction of sp³-hybridized carbons (Fsp3) is 0.500. The van der Waals surface area contributed by atoms with E-state index >= 15 is 0 Å². The van der Waals surface area contributed by atoms with Gasteiger partial charge in [-0.15, -0.1) is 0 Å². The van der Waals surface area contributed by atoms with Crippen molar-refractivity contribution >= 4 is 23.4 Å². The van der Waals surface area contributed by atoms with E-state index < -0.39 is 11.9 Å². The molecular formula is C16H22ClN3O3. The highest BCUT2D eigenvalue weighted by atomic mass is 35.5. The van der Waals surface area contributed by atoms with Crippen molar-refractivity contribution in [3.05, 3.63) is 34.9 Å². The van der Waals surface area contributed by atoms with Crippen molar-refractivity contribution in [3.8, 4) is 0 Å². The molecule has 6 nitrogen and oxygen atoms in total. The van der Waals surface area contributed by atoms with E-state index in [1.807, 2.05) is 24.3 Å². The van der Waals surface area contributed by atoms with Crippen molar-refractivity contribution in [1.29, 1.82) is 0 Å². The van der Waals surface area contributed by atoms with Gasteiger partial charge in [0.2, 0.25) is 5.91 Å². The first-order valence-corrected chi connectivity index (χ1v) is 8.11. The predicted molar refractivity (Wildman–Crippen MR) is 87.1 cm³/mol. The number of carbonyl (C=O) groups excluding carboxylic acids is 2. The van der Waals surface area contributed by atoms with Gasteiger partial charge in [0.25, 0.3) is 5.91 Å². The third-order valence-corrected chi connectivity index (χ3v) is 4.63. The van der Waals surface area contributed by atoms with E-state index in [-0.39, 0.29) is 18.4 Å². The summed E-state index contributed by atoms with van der Waals surface area (Å²) in [6.07, 6.45) is 3.51.